The van der Waals surface area contributed by atoms with Crippen LogP contribution in [0.4, 0.5) is 0 Å². The fourth-order valence-electron chi connectivity index (χ4n) is 1.58. The van der Waals surface area contributed by atoms with Crippen LogP contribution in [-0.4, -0.2) is 23.9 Å². The third-order valence-corrected chi connectivity index (χ3v) is 2.62. The summed E-state index contributed by atoms with van der Waals surface area (Å²) in [6.45, 7) is 4.45. The number of halogens is 1. The van der Waals surface area contributed by atoms with Crippen molar-refractivity contribution in [2.24, 2.45) is 5.73 Å². The molecule has 0 aliphatic rings. The van der Waals surface area contributed by atoms with Crippen LogP contribution in [0, 0.1) is 0 Å². The number of carbonyl (C=O) groups excluding carboxylic acids is 1. The average molecular weight is 257 g/mol. The zero-order valence-electron chi connectivity index (χ0n) is 10.6. The van der Waals surface area contributed by atoms with E-state index < -0.39 is 6.04 Å². The zero-order chi connectivity index (χ0) is 12.1. The Hall–Kier alpha value is -1.06. The van der Waals surface area contributed by atoms with Gasteiger partial charge in [-0.3, -0.25) is 4.79 Å². The number of likely N-dealkylation sites (N-methyl/N-ethyl adjacent to an activating group) is 1. The minimum atomic E-state index is -0.431. The molecule has 1 atom stereocenters. The third-order valence-electron chi connectivity index (χ3n) is 2.62. The highest BCUT2D eigenvalue weighted by Gasteiger charge is 2.13. The van der Waals surface area contributed by atoms with Crippen LogP contribution < -0.4 is 5.73 Å². The second kappa shape index (κ2) is 7.30. The van der Waals surface area contributed by atoms with Crippen molar-refractivity contribution in [3.05, 3.63) is 35.4 Å². The van der Waals surface area contributed by atoms with Crippen LogP contribution in [0.5, 0.6) is 0 Å². The van der Waals surface area contributed by atoms with Crippen molar-refractivity contribution in [3.8, 4) is 0 Å². The van der Waals surface area contributed by atoms with E-state index in [1.807, 2.05) is 0 Å². The Kier molecular flexibility index (Phi) is 6.85. The molecule has 1 aromatic carbocycles. The van der Waals surface area contributed by atoms with Crippen molar-refractivity contribution in [3.63, 3.8) is 0 Å². The number of rotatable bonds is 4. The Balaban J connectivity index is 0.00000256. The standard InChI is InChI=1S/C13H20N2O.ClH/c1-4-11-5-7-12(8-6-11)9-15(3)13(16)10(2)14;/h5-8,10H,4,9,14H2,1-3H3;1H/t10-;/m1./s1. The lowest BCUT2D eigenvalue weighted by atomic mass is 10.1. The van der Waals surface area contributed by atoms with Gasteiger partial charge in [0.2, 0.25) is 5.91 Å². The van der Waals surface area contributed by atoms with E-state index in [9.17, 15) is 4.79 Å². The number of benzene rings is 1. The first-order valence-corrected chi connectivity index (χ1v) is 5.63. The topological polar surface area (TPSA) is 46.3 Å². The molecule has 0 saturated heterocycles. The van der Waals surface area contributed by atoms with Crippen molar-refractivity contribution in [1.82, 2.24) is 4.90 Å². The molecule has 0 unspecified atom stereocenters. The summed E-state index contributed by atoms with van der Waals surface area (Å²) in [5.74, 6) is -0.0282. The van der Waals surface area contributed by atoms with Gasteiger partial charge in [0.25, 0.3) is 0 Å². The highest BCUT2D eigenvalue weighted by molar-refractivity contribution is 5.85. The zero-order valence-corrected chi connectivity index (χ0v) is 11.5. The predicted molar refractivity (Wildman–Crippen MR) is 73.2 cm³/mol. The molecule has 1 rings (SSSR count). The summed E-state index contributed by atoms with van der Waals surface area (Å²) in [6.07, 6.45) is 1.04. The summed E-state index contributed by atoms with van der Waals surface area (Å²) in [5, 5.41) is 0. The maximum absolute atomic E-state index is 11.6. The van der Waals surface area contributed by atoms with Crippen molar-refractivity contribution in [2.45, 2.75) is 32.9 Å². The van der Waals surface area contributed by atoms with E-state index in [1.165, 1.54) is 5.56 Å². The minimum absolute atomic E-state index is 0. The molecule has 4 heteroatoms. The quantitative estimate of drug-likeness (QED) is 0.896. The number of nitrogens with two attached hydrogens (primary N) is 1. The highest BCUT2D eigenvalue weighted by Crippen LogP contribution is 2.07. The van der Waals surface area contributed by atoms with Crippen LogP contribution in [0.15, 0.2) is 24.3 Å². The second-order valence-electron chi connectivity index (χ2n) is 4.15. The summed E-state index contributed by atoms with van der Waals surface area (Å²) in [5.41, 5.74) is 7.99. The Morgan fingerprint density at radius 3 is 2.18 bits per heavy atom. The molecular formula is C13H21ClN2O. The van der Waals surface area contributed by atoms with E-state index in [2.05, 4.69) is 31.2 Å². The highest BCUT2D eigenvalue weighted by atomic mass is 35.5. The lowest BCUT2D eigenvalue weighted by molar-refractivity contribution is -0.131. The SMILES string of the molecule is CCc1ccc(CN(C)C(=O)[C@@H](C)N)cc1.Cl. The lowest BCUT2D eigenvalue weighted by Crippen LogP contribution is -2.39. The molecule has 96 valence electrons. The fourth-order valence-corrected chi connectivity index (χ4v) is 1.58. The van der Waals surface area contributed by atoms with Gasteiger partial charge in [-0.1, -0.05) is 31.2 Å². The Labute approximate surface area is 109 Å². The van der Waals surface area contributed by atoms with E-state index in [0.29, 0.717) is 6.54 Å². The van der Waals surface area contributed by atoms with Gasteiger partial charge in [0.05, 0.1) is 6.04 Å². The van der Waals surface area contributed by atoms with E-state index in [1.54, 1.807) is 18.9 Å². The molecule has 0 aliphatic heterocycles. The molecule has 0 radical (unpaired) electrons. The Morgan fingerprint density at radius 1 is 1.29 bits per heavy atom. The van der Waals surface area contributed by atoms with Gasteiger partial charge in [-0.05, 0) is 24.5 Å². The molecule has 0 spiro atoms. The number of amides is 1. The molecule has 0 fully saturated rings. The summed E-state index contributed by atoms with van der Waals surface area (Å²) < 4.78 is 0. The van der Waals surface area contributed by atoms with Gasteiger partial charge in [0, 0.05) is 13.6 Å². The molecule has 0 aromatic heterocycles. The van der Waals surface area contributed by atoms with E-state index >= 15 is 0 Å². The molecular weight excluding hydrogens is 236 g/mol. The molecule has 3 nitrogen and oxygen atoms in total. The number of hydrogen-bond donors (Lipinski definition) is 1. The molecule has 0 heterocycles. The fraction of sp³-hybridized carbons (Fsp3) is 0.462. The Morgan fingerprint density at radius 2 is 1.76 bits per heavy atom. The number of aryl methyl sites for hydroxylation is 1. The molecule has 0 aliphatic carbocycles. The van der Waals surface area contributed by atoms with E-state index in [4.69, 9.17) is 5.73 Å². The van der Waals surface area contributed by atoms with Gasteiger partial charge in [-0.25, -0.2) is 0 Å². The molecule has 1 aromatic rings. The smallest absolute Gasteiger partial charge is 0.239 e. The van der Waals surface area contributed by atoms with Gasteiger partial charge in [0.1, 0.15) is 0 Å². The largest absolute Gasteiger partial charge is 0.340 e. The Bertz CT molecular complexity index is 349. The normalized spacial score (nSPS) is 11.5. The van der Waals surface area contributed by atoms with Gasteiger partial charge in [0.15, 0.2) is 0 Å². The minimum Gasteiger partial charge on any atom is -0.340 e. The van der Waals surface area contributed by atoms with E-state index in [0.717, 1.165) is 12.0 Å². The van der Waals surface area contributed by atoms with Gasteiger partial charge in [-0.15, -0.1) is 12.4 Å². The second-order valence-corrected chi connectivity index (χ2v) is 4.15. The van der Waals surface area contributed by atoms with Crippen molar-refractivity contribution in [2.75, 3.05) is 7.05 Å². The first-order valence-electron chi connectivity index (χ1n) is 5.63. The number of nitrogens with zero attached hydrogens (tertiary/aromatic N) is 1. The number of carbonyl (C=O) groups is 1. The summed E-state index contributed by atoms with van der Waals surface area (Å²) in [4.78, 5) is 13.2. The third kappa shape index (κ3) is 4.75. The molecule has 0 saturated carbocycles. The van der Waals surface area contributed by atoms with Crippen LogP contribution >= 0.6 is 12.4 Å². The van der Waals surface area contributed by atoms with Gasteiger partial charge >= 0.3 is 0 Å². The first kappa shape index (κ1) is 15.9. The predicted octanol–water partition coefficient (Wildman–Crippen LogP) is 1.98. The maximum atomic E-state index is 11.6. The van der Waals surface area contributed by atoms with Crippen LogP contribution in [-0.2, 0) is 17.8 Å². The summed E-state index contributed by atoms with van der Waals surface area (Å²) in [7, 11) is 1.78. The van der Waals surface area contributed by atoms with Gasteiger partial charge in [-0.2, -0.15) is 0 Å². The summed E-state index contributed by atoms with van der Waals surface area (Å²) >= 11 is 0. The van der Waals surface area contributed by atoms with Crippen molar-refractivity contribution in [1.29, 1.82) is 0 Å². The van der Waals surface area contributed by atoms with E-state index in [-0.39, 0.29) is 18.3 Å². The van der Waals surface area contributed by atoms with Crippen LogP contribution in [0.1, 0.15) is 25.0 Å². The molecule has 17 heavy (non-hydrogen) atoms. The molecule has 1 amide bonds. The molecule has 0 bridgehead atoms. The molecule has 2 N–H and O–H groups in total. The monoisotopic (exact) mass is 256 g/mol. The maximum Gasteiger partial charge on any atom is 0.239 e. The van der Waals surface area contributed by atoms with Crippen LogP contribution in [0.2, 0.25) is 0 Å². The average Bonchev–Trinajstić information content (AvgIpc) is 2.28. The van der Waals surface area contributed by atoms with Crippen molar-refractivity contribution >= 4 is 18.3 Å². The van der Waals surface area contributed by atoms with Crippen LogP contribution in [0.3, 0.4) is 0 Å². The van der Waals surface area contributed by atoms with Crippen molar-refractivity contribution < 1.29 is 4.79 Å². The lowest BCUT2D eigenvalue weighted by Gasteiger charge is -2.19. The summed E-state index contributed by atoms with van der Waals surface area (Å²) in [6, 6.07) is 7.88. The number of hydrogen-bond acceptors (Lipinski definition) is 2. The first-order chi connectivity index (χ1) is 7.54. The van der Waals surface area contributed by atoms with Crippen LogP contribution in [0.25, 0.3) is 0 Å². The van der Waals surface area contributed by atoms with Gasteiger partial charge < -0.3 is 10.6 Å².